The lowest BCUT2D eigenvalue weighted by Gasteiger charge is -2.37. The van der Waals surface area contributed by atoms with E-state index in [9.17, 15) is 8.42 Å². The number of aromatic nitrogens is 5. The second-order valence-electron chi connectivity index (χ2n) is 6.89. The van der Waals surface area contributed by atoms with Crippen LogP contribution in [0.5, 0.6) is 5.75 Å². The van der Waals surface area contributed by atoms with Crippen LogP contribution in [-0.4, -0.2) is 50.6 Å². The summed E-state index contributed by atoms with van der Waals surface area (Å²) in [7, 11) is -1.81. The molecule has 0 atom stereocenters. The molecule has 1 fully saturated rings. The molecule has 1 aliphatic rings. The van der Waals surface area contributed by atoms with Crippen LogP contribution in [0.2, 0.25) is 0 Å². The molecule has 0 saturated carbocycles. The van der Waals surface area contributed by atoms with E-state index in [2.05, 4.69) is 15.4 Å². The van der Waals surface area contributed by atoms with Crippen molar-refractivity contribution < 1.29 is 13.2 Å². The molecule has 1 aromatic carbocycles. The van der Waals surface area contributed by atoms with Gasteiger partial charge < -0.3 is 4.74 Å². The van der Waals surface area contributed by atoms with Gasteiger partial charge in [-0.3, -0.25) is 4.68 Å². The summed E-state index contributed by atoms with van der Waals surface area (Å²) >= 11 is 0. The fourth-order valence-electron chi connectivity index (χ4n) is 3.27. The fourth-order valence-corrected chi connectivity index (χ4v) is 5.18. The largest absolute Gasteiger partial charge is 0.487 e. The first-order valence-corrected chi connectivity index (χ1v) is 10.4. The van der Waals surface area contributed by atoms with Crippen molar-refractivity contribution in [3.8, 4) is 5.75 Å². The summed E-state index contributed by atoms with van der Waals surface area (Å²) in [6, 6.07) is 9.45. The maximum Gasteiger partial charge on any atom is 0.246 e. The van der Waals surface area contributed by atoms with Crippen LogP contribution in [0, 0.1) is 13.8 Å². The Balaban J connectivity index is 1.39. The SMILES string of the molecule is Cc1nn(C)c(C)c1S(=O)(=O)N1CC(n2cc(COc3ccccc3)nn2)C1. The first-order valence-electron chi connectivity index (χ1n) is 8.95. The third kappa shape index (κ3) is 3.29. The molecule has 9 nitrogen and oxygen atoms in total. The van der Waals surface area contributed by atoms with E-state index in [1.807, 2.05) is 30.3 Å². The molecule has 0 unspecified atom stereocenters. The first-order chi connectivity index (χ1) is 13.4. The maximum absolute atomic E-state index is 12.9. The Bertz CT molecular complexity index is 1080. The summed E-state index contributed by atoms with van der Waals surface area (Å²) in [5.41, 5.74) is 1.86. The quantitative estimate of drug-likeness (QED) is 0.619. The molecular weight excluding hydrogens is 380 g/mol. The molecule has 0 spiro atoms. The molecule has 1 saturated heterocycles. The number of aryl methyl sites for hydroxylation is 2. The van der Waals surface area contributed by atoms with Gasteiger partial charge in [0.2, 0.25) is 10.0 Å². The lowest BCUT2D eigenvalue weighted by atomic mass is 10.2. The van der Waals surface area contributed by atoms with Gasteiger partial charge in [-0.05, 0) is 26.0 Å². The zero-order chi connectivity index (χ0) is 19.9. The maximum atomic E-state index is 12.9. The lowest BCUT2D eigenvalue weighted by Crippen LogP contribution is -2.50. The number of nitrogens with zero attached hydrogens (tertiary/aromatic N) is 6. The molecule has 3 aromatic rings. The molecule has 10 heteroatoms. The number of sulfonamides is 1. The molecule has 1 aliphatic heterocycles. The van der Waals surface area contributed by atoms with Gasteiger partial charge in [0, 0.05) is 20.1 Å². The predicted molar refractivity (Wildman–Crippen MR) is 101 cm³/mol. The van der Waals surface area contributed by atoms with E-state index in [1.54, 1.807) is 36.5 Å². The summed E-state index contributed by atoms with van der Waals surface area (Å²) < 4.78 is 36.3. The Kier molecular flexibility index (Phi) is 4.68. The van der Waals surface area contributed by atoms with Crippen molar-refractivity contribution in [2.45, 2.75) is 31.4 Å². The van der Waals surface area contributed by atoms with Crippen molar-refractivity contribution in [1.82, 2.24) is 29.1 Å². The van der Waals surface area contributed by atoms with Crippen LogP contribution < -0.4 is 4.74 Å². The topological polar surface area (TPSA) is 95.1 Å². The Morgan fingerprint density at radius 1 is 1.18 bits per heavy atom. The van der Waals surface area contributed by atoms with Gasteiger partial charge in [0.15, 0.2) is 0 Å². The van der Waals surface area contributed by atoms with Crippen molar-refractivity contribution >= 4 is 10.0 Å². The fraction of sp³-hybridized carbons (Fsp3) is 0.389. The van der Waals surface area contributed by atoms with E-state index in [4.69, 9.17) is 4.74 Å². The zero-order valence-corrected chi connectivity index (χ0v) is 16.8. The van der Waals surface area contributed by atoms with Crippen LogP contribution in [0.25, 0.3) is 0 Å². The third-order valence-electron chi connectivity index (χ3n) is 4.93. The number of ether oxygens (including phenoxy) is 1. The predicted octanol–water partition coefficient (Wildman–Crippen LogP) is 1.45. The molecule has 4 rings (SSSR count). The van der Waals surface area contributed by atoms with E-state index in [0.29, 0.717) is 41.7 Å². The van der Waals surface area contributed by atoms with E-state index in [-0.39, 0.29) is 6.04 Å². The molecular formula is C18H22N6O3S. The zero-order valence-electron chi connectivity index (χ0n) is 16.0. The number of rotatable bonds is 6. The van der Waals surface area contributed by atoms with Gasteiger partial charge in [0.25, 0.3) is 0 Å². The van der Waals surface area contributed by atoms with Gasteiger partial charge in [-0.25, -0.2) is 13.1 Å². The number of benzene rings is 1. The first kappa shape index (κ1) is 18.6. The summed E-state index contributed by atoms with van der Waals surface area (Å²) in [5.74, 6) is 0.764. The average Bonchev–Trinajstić information content (AvgIpc) is 3.17. The molecule has 28 heavy (non-hydrogen) atoms. The van der Waals surface area contributed by atoms with Crippen molar-refractivity contribution in [3.63, 3.8) is 0 Å². The van der Waals surface area contributed by atoms with Crippen LogP contribution in [-0.2, 0) is 23.7 Å². The van der Waals surface area contributed by atoms with Crippen molar-refractivity contribution in [1.29, 1.82) is 0 Å². The Morgan fingerprint density at radius 2 is 1.89 bits per heavy atom. The van der Waals surface area contributed by atoms with Gasteiger partial charge in [0.05, 0.1) is 23.6 Å². The molecule has 2 aromatic heterocycles. The van der Waals surface area contributed by atoms with Gasteiger partial charge >= 0.3 is 0 Å². The van der Waals surface area contributed by atoms with Gasteiger partial charge in [-0.1, -0.05) is 23.4 Å². The van der Waals surface area contributed by atoms with Gasteiger partial charge in [-0.2, -0.15) is 9.40 Å². The number of hydrogen-bond acceptors (Lipinski definition) is 6. The molecule has 148 valence electrons. The third-order valence-corrected chi connectivity index (χ3v) is 7.02. The van der Waals surface area contributed by atoms with Crippen molar-refractivity contribution in [2.75, 3.05) is 13.1 Å². The Hall–Kier alpha value is -2.72. The van der Waals surface area contributed by atoms with E-state index < -0.39 is 10.0 Å². The average molecular weight is 402 g/mol. The van der Waals surface area contributed by atoms with E-state index >= 15 is 0 Å². The minimum absolute atomic E-state index is 0.0370. The van der Waals surface area contributed by atoms with Crippen LogP contribution in [0.4, 0.5) is 0 Å². The summed E-state index contributed by atoms with van der Waals surface area (Å²) in [5, 5.41) is 12.5. The second kappa shape index (κ2) is 7.02. The Labute approximate surface area is 163 Å². The highest BCUT2D eigenvalue weighted by molar-refractivity contribution is 7.89. The smallest absolute Gasteiger partial charge is 0.246 e. The summed E-state index contributed by atoms with van der Waals surface area (Å²) in [6.07, 6.45) is 1.80. The highest BCUT2D eigenvalue weighted by atomic mass is 32.2. The van der Waals surface area contributed by atoms with Crippen LogP contribution >= 0.6 is 0 Å². The van der Waals surface area contributed by atoms with Crippen molar-refractivity contribution in [3.05, 3.63) is 53.6 Å². The summed E-state index contributed by atoms with van der Waals surface area (Å²) in [6.45, 7) is 4.51. The number of hydrogen-bond donors (Lipinski definition) is 0. The highest BCUT2D eigenvalue weighted by Gasteiger charge is 2.40. The lowest BCUT2D eigenvalue weighted by molar-refractivity contribution is 0.188. The number of para-hydroxylation sites is 1. The molecule has 0 aliphatic carbocycles. The molecule has 0 radical (unpaired) electrons. The minimum atomic E-state index is -3.56. The Morgan fingerprint density at radius 3 is 2.54 bits per heavy atom. The normalized spacial score (nSPS) is 15.5. The summed E-state index contributed by atoms with van der Waals surface area (Å²) in [4.78, 5) is 0.295. The van der Waals surface area contributed by atoms with Crippen molar-refractivity contribution in [2.24, 2.45) is 7.05 Å². The molecule has 3 heterocycles. The van der Waals surface area contributed by atoms with Gasteiger partial charge in [0.1, 0.15) is 22.9 Å². The molecule has 0 N–H and O–H groups in total. The van der Waals surface area contributed by atoms with E-state index in [0.717, 1.165) is 5.75 Å². The highest BCUT2D eigenvalue weighted by Crippen LogP contribution is 2.30. The van der Waals surface area contributed by atoms with Crippen LogP contribution in [0.3, 0.4) is 0 Å². The molecule has 0 amide bonds. The second-order valence-corrected chi connectivity index (χ2v) is 8.77. The minimum Gasteiger partial charge on any atom is -0.487 e. The standard InChI is InChI=1S/C18H22N6O3S/c1-13-18(14(2)22(3)20-13)28(25,26)23-10-16(11-23)24-9-15(19-21-24)12-27-17-7-5-4-6-8-17/h4-9,16H,10-12H2,1-3H3. The molecule has 0 bridgehead atoms. The van der Waals surface area contributed by atoms with Crippen LogP contribution in [0.1, 0.15) is 23.1 Å². The van der Waals surface area contributed by atoms with Crippen LogP contribution in [0.15, 0.2) is 41.4 Å². The van der Waals surface area contributed by atoms with E-state index in [1.165, 1.54) is 4.31 Å². The van der Waals surface area contributed by atoms with Gasteiger partial charge in [-0.15, -0.1) is 5.10 Å². The monoisotopic (exact) mass is 402 g/mol.